The SMILES string of the molecule is O=C(Cc1ccc2cc3ccccc3cc2c1)Cc1ccc2cc3ccccc3cc2c1. The molecule has 0 saturated carbocycles. The van der Waals surface area contributed by atoms with Crippen molar-refractivity contribution in [1.29, 1.82) is 0 Å². The van der Waals surface area contributed by atoms with E-state index >= 15 is 0 Å². The van der Waals surface area contributed by atoms with E-state index in [9.17, 15) is 4.79 Å². The Bertz CT molecular complexity index is 1520. The van der Waals surface area contributed by atoms with E-state index in [1.165, 1.54) is 43.1 Å². The van der Waals surface area contributed by atoms with Crippen molar-refractivity contribution in [3.63, 3.8) is 0 Å². The van der Waals surface area contributed by atoms with Crippen molar-refractivity contribution in [1.82, 2.24) is 0 Å². The van der Waals surface area contributed by atoms with Crippen LogP contribution in [0.3, 0.4) is 0 Å². The monoisotopic (exact) mass is 410 g/mol. The molecule has 0 saturated heterocycles. The van der Waals surface area contributed by atoms with Gasteiger partial charge in [0.2, 0.25) is 0 Å². The minimum Gasteiger partial charge on any atom is -0.299 e. The predicted molar refractivity (Wildman–Crippen MR) is 135 cm³/mol. The standard InChI is InChI=1S/C31H22O/c32-31(15-21-9-11-27-17-23-5-1-3-7-25(23)19-29(27)13-21)16-22-10-12-28-18-24-6-2-4-8-26(24)20-30(28)14-22/h1-14,17-20H,15-16H2. The van der Waals surface area contributed by atoms with Gasteiger partial charge in [0.1, 0.15) is 5.78 Å². The second-order valence-corrected chi connectivity index (χ2v) is 8.65. The average molecular weight is 411 g/mol. The van der Waals surface area contributed by atoms with Crippen LogP contribution in [-0.4, -0.2) is 5.78 Å². The highest BCUT2D eigenvalue weighted by Gasteiger charge is 2.08. The van der Waals surface area contributed by atoms with Crippen LogP contribution in [0, 0.1) is 0 Å². The lowest BCUT2D eigenvalue weighted by Gasteiger charge is -2.07. The lowest BCUT2D eigenvalue weighted by Crippen LogP contribution is -2.06. The summed E-state index contributed by atoms with van der Waals surface area (Å²) < 4.78 is 0. The molecule has 0 spiro atoms. The van der Waals surface area contributed by atoms with Crippen molar-refractivity contribution in [3.8, 4) is 0 Å². The number of hydrogen-bond donors (Lipinski definition) is 0. The average Bonchev–Trinajstić information content (AvgIpc) is 2.81. The van der Waals surface area contributed by atoms with Crippen molar-refractivity contribution in [2.24, 2.45) is 0 Å². The highest BCUT2D eigenvalue weighted by Crippen LogP contribution is 2.26. The van der Waals surface area contributed by atoms with Gasteiger partial charge in [-0.05, 0) is 78.5 Å². The molecule has 0 unspecified atom stereocenters. The Balaban J connectivity index is 1.25. The van der Waals surface area contributed by atoms with Gasteiger partial charge < -0.3 is 0 Å². The van der Waals surface area contributed by atoms with E-state index in [-0.39, 0.29) is 5.78 Å². The van der Waals surface area contributed by atoms with Crippen LogP contribution in [0.5, 0.6) is 0 Å². The number of ketones is 1. The number of carbonyl (C=O) groups excluding carboxylic acids is 1. The molecule has 152 valence electrons. The van der Waals surface area contributed by atoms with E-state index in [4.69, 9.17) is 0 Å². The molecular formula is C31H22O. The highest BCUT2D eigenvalue weighted by molar-refractivity contribution is 6.00. The first-order valence-electron chi connectivity index (χ1n) is 11.1. The van der Waals surface area contributed by atoms with Gasteiger partial charge in [-0.2, -0.15) is 0 Å². The zero-order valence-electron chi connectivity index (χ0n) is 17.7. The molecule has 0 radical (unpaired) electrons. The summed E-state index contributed by atoms with van der Waals surface area (Å²) in [6.45, 7) is 0. The summed E-state index contributed by atoms with van der Waals surface area (Å²) in [5, 5.41) is 9.74. The van der Waals surface area contributed by atoms with E-state index in [0.29, 0.717) is 12.8 Å². The molecule has 0 atom stereocenters. The molecule has 6 aromatic carbocycles. The molecule has 0 aliphatic rings. The van der Waals surface area contributed by atoms with Crippen LogP contribution in [0.1, 0.15) is 11.1 Å². The fourth-order valence-electron chi connectivity index (χ4n) is 4.72. The van der Waals surface area contributed by atoms with Crippen molar-refractivity contribution >= 4 is 48.9 Å². The summed E-state index contributed by atoms with van der Waals surface area (Å²) in [7, 11) is 0. The molecule has 0 aliphatic heterocycles. The molecule has 0 heterocycles. The molecule has 0 bridgehead atoms. The van der Waals surface area contributed by atoms with Gasteiger partial charge in [0.15, 0.2) is 0 Å². The third-order valence-corrected chi connectivity index (χ3v) is 6.34. The minimum absolute atomic E-state index is 0.241. The van der Waals surface area contributed by atoms with Crippen LogP contribution in [0.4, 0.5) is 0 Å². The summed E-state index contributed by atoms with van der Waals surface area (Å²) in [5.41, 5.74) is 2.15. The fourth-order valence-corrected chi connectivity index (χ4v) is 4.72. The van der Waals surface area contributed by atoms with E-state index in [0.717, 1.165) is 11.1 Å². The summed E-state index contributed by atoms with van der Waals surface area (Å²) in [6.07, 6.45) is 0.914. The number of rotatable bonds is 4. The van der Waals surface area contributed by atoms with Crippen LogP contribution in [0.15, 0.2) is 109 Å². The zero-order chi connectivity index (χ0) is 21.5. The molecule has 0 fully saturated rings. The predicted octanol–water partition coefficient (Wildman–Crippen LogP) is 7.65. The van der Waals surface area contributed by atoms with Gasteiger partial charge in [0, 0.05) is 12.8 Å². The summed E-state index contributed by atoms with van der Waals surface area (Å²) in [5.74, 6) is 0.241. The molecule has 6 rings (SSSR count). The van der Waals surface area contributed by atoms with Gasteiger partial charge in [-0.1, -0.05) is 84.9 Å². The molecule has 0 aliphatic carbocycles. The maximum atomic E-state index is 12.9. The van der Waals surface area contributed by atoms with E-state index < -0.39 is 0 Å². The fraction of sp³-hybridized carbons (Fsp3) is 0.0645. The molecular weight excluding hydrogens is 388 g/mol. The van der Waals surface area contributed by atoms with Gasteiger partial charge in [-0.25, -0.2) is 0 Å². The second kappa shape index (κ2) is 7.62. The Morgan fingerprint density at radius 3 is 1.16 bits per heavy atom. The van der Waals surface area contributed by atoms with Crippen molar-refractivity contribution < 1.29 is 4.79 Å². The van der Waals surface area contributed by atoms with Gasteiger partial charge in [-0.3, -0.25) is 4.79 Å². The van der Waals surface area contributed by atoms with Crippen molar-refractivity contribution in [3.05, 3.63) is 120 Å². The number of Topliss-reactive ketones (excluding diaryl/α,β-unsaturated/α-hetero) is 1. The van der Waals surface area contributed by atoms with Crippen LogP contribution in [0.25, 0.3) is 43.1 Å². The maximum absolute atomic E-state index is 12.9. The number of fused-ring (bicyclic) bond motifs is 4. The number of hydrogen-bond acceptors (Lipinski definition) is 1. The van der Waals surface area contributed by atoms with E-state index in [2.05, 4.69) is 109 Å². The van der Waals surface area contributed by atoms with E-state index in [1.54, 1.807) is 0 Å². The van der Waals surface area contributed by atoms with Crippen LogP contribution in [-0.2, 0) is 17.6 Å². The zero-order valence-corrected chi connectivity index (χ0v) is 17.7. The van der Waals surface area contributed by atoms with Crippen LogP contribution in [0.2, 0.25) is 0 Å². The molecule has 6 aromatic rings. The normalized spacial score (nSPS) is 11.5. The van der Waals surface area contributed by atoms with E-state index in [1.807, 2.05) is 0 Å². The smallest absolute Gasteiger partial charge is 0.141 e. The van der Waals surface area contributed by atoms with Crippen molar-refractivity contribution in [2.45, 2.75) is 12.8 Å². The van der Waals surface area contributed by atoms with Crippen molar-refractivity contribution in [2.75, 3.05) is 0 Å². The summed E-state index contributed by atoms with van der Waals surface area (Å²) in [4.78, 5) is 12.9. The Kier molecular flexibility index (Phi) is 4.47. The van der Waals surface area contributed by atoms with Gasteiger partial charge >= 0.3 is 0 Å². The Morgan fingerprint density at radius 1 is 0.406 bits per heavy atom. The lowest BCUT2D eigenvalue weighted by molar-refractivity contribution is -0.117. The molecule has 1 heteroatoms. The van der Waals surface area contributed by atoms with Gasteiger partial charge in [-0.15, -0.1) is 0 Å². The molecule has 0 amide bonds. The number of carbonyl (C=O) groups is 1. The Labute approximate surface area is 186 Å². The molecule has 1 nitrogen and oxygen atoms in total. The molecule has 32 heavy (non-hydrogen) atoms. The van der Waals surface area contributed by atoms with Crippen LogP contribution >= 0.6 is 0 Å². The Hall–Kier alpha value is -3.97. The molecule has 0 aromatic heterocycles. The quantitative estimate of drug-likeness (QED) is 0.273. The highest BCUT2D eigenvalue weighted by atomic mass is 16.1. The summed E-state index contributed by atoms with van der Waals surface area (Å²) in [6, 6.07) is 38.4. The summed E-state index contributed by atoms with van der Waals surface area (Å²) >= 11 is 0. The number of benzene rings is 6. The first-order valence-corrected chi connectivity index (χ1v) is 11.1. The maximum Gasteiger partial charge on any atom is 0.141 e. The third-order valence-electron chi connectivity index (χ3n) is 6.34. The lowest BCUT2D eigenvalue weighted by atomic mass is 9.96. The van der Waals surface area contributed by atoms with Gasteiger partial charge in [0.05, 0.1) is 0 Å². The second-order valence-electron chi connectivity index (χ2n) is 8.65. The topological polar surface area (TPSA) is 17.1 Å². The third kappa shape index (κ3) is 3.52. The first kappa shape index (κ1) is 18.8. The largest absolute Gasteiger partial charge is 0.299 e. The minimum atomic E-state index is 0.241. The Morgan fingerprint density at radius 2 is 0.750 bits per heavy atom. The molecule has 0 N–H and O–H groups in total. The van der Waals surface area contributed by atoms with Crippen LogP contribution < -0.4 is 0 Å². The first-order chi connectivity index (χ1) is 15.7. The van der Waals surface area contributed by atoms with Gasteiger partial charge in [0.25, 0.3) is 0 Å².